The van der Waals surface area contributed by atoms with Gasteiger partial charge in [0.05, 0.1) is 33.7 Å². The number of para-hydroxylation sites is 1. The van der Waals surface area contributed by atoms with Crippen LogP contribution in [0.2, 0.25) is 0 Å². The van der Waals surface area contributed by atoms with Crippen LogP contribution in [0.15, 0.2) is 56.1 Å². The highest BCUT2D eigenvalue weighted by atomic mass is 32.2. The molecule has 1 fully saturated rings. The first-order chi connectivity index (χ1) is 14.7. The van der Waals surface area contributed by atoms with Crippen molar-refractivity contribution in [2.45, 2.75) is 42.8 Å². The van der Waals surface area contributed by atoms with E-state index >= 15 is 0 Å². The van der Waals surface area contributed by atoms with Gasteiger partial charge in [0.2, 0.25) is 5.89 Å². The van der Waals surface area contributed by atoms with E-state index in [-0.39, 0.29) is 16.9 Å². The summed E-state index contributed by atoms with van der Waals surface area (Å²) in [6.07, 6.45) is 2.01. The Labute approximate surface area is 181 Å². The van der Waals surface area contributed by atoms with Gasteiger partial charge in [0.25, 0.3) is 11.4 Å². The van der Waals surface area contributed by atoms with Crippen LogP contribution in [0, 0.1) is 0 Å². The first-order valence-corrected chi connectivity index (χ1v) is 11.6. The van der Waals surface area contributed by atoms with Crippen LogP contribution in [-0.4, -0.2) is 32.5 Å². The number of benzene rings is 1. The Hall–Kier alpha value is -2.49. The fraction of sp³-hybridized carbons (Fsp3) is 0.333. The maximum Gasteiger partial charge on any atom is 0.262 e. The van der Waals surface area contributed by atoms with E-state index in [1.165, 1.54) is 11.8 Å². The molecule has 4 heterocycles. The molecule has 5 rings (SSSR count). The number of nitrogens with zero attached hydrogens (tertiary/aromatic N) is 4. The number of fused-ring (bicyclic) bond motifs is 1. The van der Waals surface area contributed by atoms with Crippen molar-refractivity contribution in [2.75, 3.05) is 6.61 Å². The maximum absolute atomic E-state index is 13.2. The van der Waals surface area contributed by atoms with Gasteiger partial charge in [-0.2, -0.15) is 0 Å². The van der Waals surface area contributed by atoms with Crippen molar-refractivity contribution in [3.8, 4) is 10.8 Å². The SMILES string of the molecule is C[C@@H](Sc1nc2ccccc2c(=O)n1C[C@H]1CCCO1)c1nnc(-c2cccs2)o1. The predicted molar refractivity (Wildman–Crippen MR) is 117 cm³/mol. The molecule has 9 heteroatoms. The summed E-state index contributed by atoms with van der Waals surface area (Å²) in [5.41, 5.74) is 0.640. The van der Waals surface area contributed by atoms with E-state index in [1.807, 2.05) is 48.7 Å². The second kappa shape index (κ2) is 8.33. The minimum absolute atomic E-state index is 0.0363. The first kappa shape index (κ1) is 19.5. The molecule has 2 atom stereocenters. The normalized spacial score (nSPS) is 17.6. The highest BCUT2D eigenvalue weighted by molar-refractivity contribution is 7.99. The molecule has 0 spiro atoms. The van der Waals surface area contributed by atoms with Crippen molar-refractivity contribution in [3.63, 3.8) is 0 Å². The summed E-state index contributed by atoms with van der Waals surface area (Å²) in [6, 6.07) is 11.3. The van der Waals surface area contributed by atoms with Crippen LogP contribution in [0.3, 0.4) is 0 Å². The molecule has 1 aliphatic heterocycles. The monoisotopic (exact) mass is 440 g/mol. The van der Waals surface area contributed by atoms with E-state index in [0.717, 1.165) is 24.3 Å². The van der Waals surface area contributed by atoms with E-state index in [2.05, 4.69) is 10.2 Å². The van der Waals surface area contributed by atoms with Gasteiger partial charge in [0.15, 0.2) is 5.16 Å². The summed E-state index contributed by atoms with van der Waals surface area (Å²) in [5.74, 6) is 1.02. The highest BCUT2D eigenvalue weighted by Gasteiger charge is 2.23. The quantitative estimate of drug-likeness (QED) is 0.321. The zero-order valence-corrected chi connectivity index (χ0v) is 18.0. The van der Waals surface area contributed by atoms with Crippen molar-refractivity contribution in [1.82, 2.24) is 19.7 Å². The van der Waals surface area contributed by atoms with Crippen molar-refractivity contribution in [1.29, 1.82) is 0 Å². The smallest absolute Gasteiger partial charge is 0.262 e. The molecule has 1 aliphatic rings. The van der Waals surface area contributed by atoms with Crippen LogP contribution in [0.4, 0.5) is 0 Å². The zero-order chi connectivity index (χ0) is 20.5. The molecule has 0 unspecified atom stereocenters. The second-order valence-electron chi connectivity index (χ2n) is 7.15. The number of thiophene rings is 1. The van der Waals surface area contributed by atoms with Crippen LogP contribution in [0.25, 0.3) is 21.7 Å². The Bertz CT molecular complexity index is 1210. The number of hydrogen-bond acceptors (Lipinski definition) is 8. The Morgan fingerprint density at radius 1 is 1.27 bits per heavy atom. The zero-order valence-electron chi connectivity index (χ0n) is 16.4. The summed E-state index contributed by atoms with van der Waals surface area (Å²) in [6.45, 7) is 3.22. The third-order valence-electron chi connectivity index (χ3n) is 5.04. The van der Waals surface area contributed by atoms with Crippen LogP contribution in [0.1, 0.15) is 30.9 Å². The van der Waals surface area contributed by atoms with Gasteiger partial charge in [0, 0.05) is 6.61 Å². The molecule has 1 saturated heterocycles. The van der Waals surface area contributed by atoms with E-state index in [1.54, 1.807) is 15.9 Å². The van der Waals surface area contributed by atoms with Crippen molar-refractivity contribution in [2.24, 2.45) is 0 Å². The standard InChI is InChI=1S/C21H20N4O3S2/c1-13(18-23-24-19(28-18)17-9-5-11-29-17)30-21-22-16-8-3-2-7-15(16)20(26)25(21)12-14-6-4-10-27-14/h2-3,5,7-9,11,13-14H,4,6,10,12H2,1H3/t13-,14-/m1/s1. The number of aromatic nitrogens is 4. The van der Waals surface area contributed by atoms with Crippen LogP contribution in [-0.2, 0) is 11.3 Å². The van der Waals surface area contributed by atoms with Crippen LogP contribution in [0.5, 0.6) is 0 Å². The number of thioether (sulfide) groups is 1. The highest BCUT2D eigenvalue weighted by Crippen LogP contribution is 2.35. The number of ether oxygens (including phenoxy) is 1. The average molecular weight is 441 g/mol. The van der Waals surface area contributed by atoms with Gasteiger partial charge >= 0.3 is 0 Å². The third kappa shape index (κ3) is 3.80. The van der Waals surface area contributed by atoms with Gasteiger partial charge in [-0.15, -0.1) is 21.5 Å². The van der Waals surface area contributed by atoms with Gasteiger partial charge < -0.3 is 9.15 Å². The molecule has 7 nitrogen and oxygen atoms in total. The Kier molecular flexibility index (Phi) is 5.41. The third-order valence-corrected chi connectivity index (χ3v) is 6.97. The van der Waals surface area contributed by atoms with E-state index in [9.17, 15) is 4.79 Å². The average Bonchev–Trinajstić information content (AvgIpc) is 3.53. The lowest BCUT2D eigenvalue weighted by Gasteiger charge is -2.17. The summed E-state index contributed by atoms with van der Waals surface area (Å²) >= 11 is 3.00. The van der Waals surface area contributed by atoms with Crippen LogP contribution >= 0.6 is 23.1 Å². The first-order valence-electron chi connectivity index (χ1n) is 9.84. The maximum atomic E-state index is 13.2. The van der Waals surface area contributed by atoms with Gasteiger partial charge in [-0.25, -0.2) is 4.98 Å². The lowest BCUT2D eigenvalue weighted by molar-refractivity contribution is 0.0937. The molecule has 0 aliphatic carbocycles. The Morgan fingerprint density at radius 2 is 2.17 bits per heavy atom. The van der Waals surface area contributed by atoms with E-state index in [4.69, 9.17) is 14.1 Å². The molecule has 3 aromatic heterocycles. The topological polar surface area (TPSA) is 83.0 Å². The molecular formula is C21H20N4O3S2. The minimum Gasteiger partial charge on any atom is -0.419 e. The molecule has 30 heavy (non-hydrogen) atoms. The molecule has 0 bridgehead atoms. The van der Waals surface area contributed by atoms with E-state index in [0.29, 0.717) is 34.4 Å². The second-order valence-corrected chi connectivity index (χ2v) is 9.40. The van der Waals surface area contributed by atoms with Crippen molar-refractivity contribution < 1.29 is 9.15 Å². The summed E-state index contributed by atoms with van der Waals surface area (Å²) < 4.78 is 13.4. The molecule has 154 valence electrons. The van der Waals surface area contributed by atoms with Gasteiger partial charge in [-0.3, -0.25) is 9.36 Å². The van der Waals surface area contributed by atoms with Crippen LogP contribution < -0.4 is 5.56 Å². The van der Waals surface area contributed by atoms with Gasteiger partial charge in [-0.1, -0.05) is 30.0 Å². The fourth-order valence-electron chi connectivity index (χ4n) is 3.50. The number of rotatable bonds is 6. The molecular weight excluding hydrogens is 420 g/mol. The molecule has 1 aromatic carbocycles. The molecule has 0 saturated carbocycles. The molecule has 0 amide bonds. The molecule has 0 N–H and O–H groups in total. The fourth-order valence-corrected chi connectivity index (χ4v) is 5.09. The molecule has 4 aromatic rings. The minimum atomic E-state index is -0.157. The van der Waals surface area contributed by atoms with Gasteiger partial charge in [-0.05, 0) is 43.3 Å². The van der Waals surface area contributed by atoms with Gasteiger partial charge in [0.1, 0.15) is 0 Å². The lowest BCUT2D eigenvalue weighted by Crippen LogP contribution is -2.29. The summed E-state index contributed by atoms with van der Waals surface area (Å²) in [5, 5.41) is 11.4. The predicted octanol–water partition coefficient (Wildman–Crippen LogP) is 4.54. The molecule has 0 radical (unpaired) electrons. The Balaban J connectivity index is 1.48. The largest absolute Gasteiger partial charge is 0.419 e. The number of hydrogen-bond donors (Lipinski definition) is 0. The summed E-state index contributed by atoms with van der Waals surface area (Å²) in [4.78, 5) is 18.9. The summed E-state index contributed by atoms with van der Waals surface area (Å²) in [7, 11) is 0. The lowest BCUT2D eigenvalue weighted by atomic mass is 10.2. The van der Waals surface area contributed by atoms with Crippen molar-refractivity contribution >= 4 is 34.0 Å². The Morgan fingerprint density at radius 3 is 2.97 bits per heavy atom. The van der Waals surface area contributed by atoms with E-state index < -0.39 is 0 Å². The van der Waals surface area contributed by atoms with Crippen molar-refractivity contribution in [3.05, 3.63) is 58.0 Å².